The Kier molecular flexibility index (Phi) is 3.45. The van der Waals surface area contributed by atoms with E-state index in [0.29, 0.717) is 12.1 Å². The fourth-order valence-corrected chi connectivity index (χ4v) is 2.01. The zero-order valence-electron chi connectivity index (χ0n) is 9.31. The number of aryl methyl sites for hydroxylation is 1. The molecule has 17 heavy (non-hydrogen) atoms. The Bertz CT molecular complexity index is 568. The van der Waals surface area contributed by atoms with Gasteiger partial charge >= 0.3 is 0 Å². The molecule has 0 unspecified atom stereocenters. The van der Waals surface area contributed by atoms with Crippen LogP contribution in [0.1, 0.15) is 11.1 Å². The Balaban J connectivity index is 2.07. The van der Waals surface area contributed by atoms with Crippen LogP contribution in [0.4, 0.5) is 5.69 Å². The number of anilines is 1. The Labute approximate surface area is 108 Å². The number of nitrogens with zero attached hydrogens (tertiary/aromatic N) is 3. The van der Waals surface area contributed by atoms with Crippen molar-refractivity contribution < 1.29 is 0 Å². The molecule has 0 spiro atoms. The maximum atomic E-state index is 8.76. The number of hydrogen-bond acceptors (Lipinski definition) is 3. The van der Waals surface area contributed by atoms with Crippen LogP contribution in [0.5, 0.6) is 0 Å². The number of aromatic nitrogens is 2. The van der Waals surface area contributed by atoms with E-state index in [0.717, 1.165) is 15.7 Å². The van der Waals surface area contributed by atoms with E-state index in [1.165, 1.54) is 0 Å². The highest BCUT2D eigenvalue weighted by molar-refractivity contribution is 9.10. The molecule has 0 amide bonds. The summed E-state index contributed by atoms with van der Waals surface area (Å²) in [4.78, 5) is 0. The van der Waals surface area contributed by atoms with Crippen molar-refractivity contribution in [2.24, 2.45) is 7.05 Å². The summed E-state index contributed by atoms with van der Waals surface area (Å²) in [6.07, 6.45) is 3.79. The maximum absolute atomic E-state index is 8.76. The summed E-state index contributed by atoms with van der Waals surface area (Å²) >= 11 is 3.43. The number of rotatable bonds is 3. The van der Waals surface area contributed by atoms with E-state index in [4.69, 9.17) is 5.26 Å². The second-order valence-corrected chi connectivity index (χ2v) is 4.54. The molecule has 0 atom stereocenters. The van der Waals surface area contributed by atoms with Crippen molar-refractivity contribution in [3.8, 4) is 6.07 Å². The van der Waals surface area contributed by atoms with E-state index in [1.807, 2.05) is 25.5 Å². The van der Waals surface area contributed by atoms with E-state index in [-0.39, 0.29) is 0 Å². The maximum Gasteiger partial charge on any atom is 0.0992 e. The van der Waals surface area contributed by atoms with Crippen LogP contribution in [0.3, 0.4) is 0 Å². The molecule has 2 aromatic rings. The van der Waals surface area contributed by atoms with Crippen molar-refractivity contribution >= 4 is 21.6 Å². The summed E-state index contributed by atoms with van der Waals surface area (Å²) < 4.78 is 2.66. The predicted molar refractivity (Wildman–Crippen MR) is 69.4 cm³/mol. The molecule has 0 aliphatic carbocycles. The number of nitrogens with one attached hydrogen (secondary N) is 1. The van der Waals surface area contributed by atoms with E-state index in [9.17, 15) is 0 Å². The molecule has 0 radical (unpaired) electrons. The van der Waals surface area contributed by atoms with Gasteiger partial charge in [0.2, 0.25) is 0 Å². The molecule has 1 heterocycles. The van der Waals surface area contributed by atoms with Gasteiger partial charge in [-0.15, -0.1) is 0 Å². The zero-order chi connectivity index (χ0) is 12.3. The van der Waals surface area contributed by atoms with Crippen molar-refractivity contribution in [2.75, 3.05) is 5.32 Å². The average molecular weight is 291 g/mol. The molecule has 1 aromatic carbocycles. The molecular formula is C12H11BrN4. The molecule has 2 rings (SSSR count). The van der Waals surface area contributed by atoms with Crippen LogP contribution in [-0.4, -0.2) is 9.78 Å². The summed E-state index contributed by atoms with van der Waals surface area (Å²) in [5, 5.41) is 16.1. The summed E-state index contributed by atoms with van der Waals surface area (Å²) in [5.74, 6) is 0. The van der Waals surface area contributed by atoms with Crippen LogP contribution in [0.15, 0.2) is 35.1 Å². The third kappa shape index (κ3) is 2.86. The van der Waals surface area contributed by atoms with Gasteiger partial charge in [-0.3, -0.25) is 4.68 Å². The van der Waals surface area contributed by atoms with Crippen molar-refractivity contribution in [1.82, 2.24) is 9.78 Å². The van der Waals surface area contributed by atoms with Crippen LogP contribution in [0.25, 0.3) is 0 Å². The van der Waals surface area contributed by atoms with Crippen molar-refractivity contribution in [3.63, 3.8) is 0 Å². The number of halogens is 1. The summed E-state index contributed by atoms with van der Waals surface area (Å²) in [7, 11) is 1.89. The fraction of sp³-hybridized carbons (Fsp3) is 0.167. The van der Waals surface area contributed by atoms with Crippen LogP contribution < -0.4 is 5.32 Å². The first kappa shape index (κ1) is 11.7. The van der Waals surface area contributed by atoms with Gasteiger partial charge in [0, 0.05) is 35.5 Å². The second-order valence-electron chi connectivity index (χ2n) is 3.68. The number of benzene rings is 1. The molecule has 0 saturated carbocycles. The van der Waals surface area contributed by atoms with E-state index in [1.54, 1.807) is 16.8 Å². The fourth-order valence-electron chi connectivity index (χ4n) is 1.49. The molecule has 1 aromatic heterocycles. The van der Waals surface area contributed by atoms with E-state index in [2.05, 4.69) is 32.4 Å². The summed E-state index contributed by atoms with van der Waals surface area (Å²) in [5.41, 5.74) is 2.72. The smallest absolute Gasteiger partial charge is 0.0992 e. The SMILES string of the molecule is Cn1cc(CNc2ccc(C#N)cc2Br)cn1. The van der Waals surface area contributed by atoms with Gasteiger partial charge < -0.3 is 5.32 Å². The van der Waals surface area contributed by atoms with Crippen LogP contribution in [0.2, 0.25) is 0 Å². The van der Waals surface area contributed by atoms with E-state index < -0.39 is 0 Å². The van der Waals surface area contributed by atoms with Crippen molar-refractivity contribution in [3.05, 3.63) is 46.2 Å². The van der Waals surface area contributed by atoms with Gasteiger partial charge in [0.1, 0.15) is 0 Å². The Morgan fingerprint density at radius 2 is 2.35 bits per heavy atom. The third-order valence-corrected chi connectivity index (χ3v) is 3.00. The highest BCUT2D eigenvalue weighted by atomic mass is 79.9. The van der Waals surface area contributed by atoms with Crippen LogP contribution in [0, 0.1) is 11.3 Å². The van der Waals surface area contributed by atoms with Crippen LogP contribution >= 0.6 is 15.9 Å². The minimum atomic E-state index is 0.642. The third-order valence-electron chi connectivity index (χ3n) is 2.34. The number of hydrogen-bond donors (Lipinski definition) is 1. The quantitative estimate of drug-likeness (QED) is 0.946. The molecule has 5 heteroatoms. The molecule has 1 N–H and O–H groups in total. The van der Waals surface area contributed by atoms with Gasteiger partial charge in [0.25, 0.3) is 0 Å². The minimum Gasteiger partial charge on any atom is -0.380 e. The molecule has 0 bridgehead atoms. The van der Waals surface area contributed by atoms with Gasteiger partial charge in [0.15, 0.2) is 0 Å². The molecule has 86 valence electrons. The van der Waals surface area contributed by atoms with Gasteiger partial charge in [0.05, 0.1) is 17.8 Å². The first-order valence-electron chi connectivity index (χ1n) is 5.10. The molecule has 0 fully saturated rings. The summed E-state index contributed by atoms with van der Waals surface area (Å²) in [6, 6.07) is 7.57. The largest absolute Gasteiger partial charge is 0.380 e. The second kappa shape index (κ2) is 5.02. The molecule has 0 aliphatic rings. The minimum absolute atomic E-state index is 0.642. The Morgan fingerprint density at radius 1 is 1.53 bits per heavy atom. The van der Waals surface area contributed by atoms with Gasteiger partial charge in [-0.2, -0.15) is 10.4 Å². The van der Waals surface area contributed by atoms with Crippen molar-refractivity contribution in [2.45, 2.75) is 6.54 Å². The van der Waals surface area contributed by atoms with Crippen LogP contribution in [-0.2, 0) is 13.6 Å². The van der Waals surface area contributed by atoms with Gasteiger partial charge in [-0.05, 0) is 34.1 Å². The molecular weight excluding hydrogens is 280 g/mol. The standard InChI is InChI=1S/C12H11BrN4/c1-17-8-10(7-16-17)6-15-12-3-2-9(5-14)4-11(12)13/h2-4,7-8,15H,6H2,1H3. The lowest BCUT2D eigenvalue weighted by Gasteiger charge is -2.07. The average Bonchev–Trinajstić information content (AvgIpc) is 2.73. The van der Waals surface area contributed by atoms with E-state index >= 15 is 0 Å². The Hall–Kier alpha value is -1.80. The lowest BCUT2D eigenvalue weighted by Crippen LogP contribution is -1.99. The zero-order valence-corrected chi connectivity index (χ0v) is 10.9. The topological polar surface area (TPSA) is 53.6 Å². The highest BCUT2D eigenvalue weighted by Gasteiger charge is 2.02. The number of nitriles is 1. The first-order chi connectivity index (χ1) is 8.19. The van der Waals surface area contributed by atoms with Crippen molar-refractivity contribution in [1.29, 1.82) is 5.26 Å². The molecule has 0 aliphatic heterocycles. The van der Waals surface area contributed by atoms with Gasteiger partial charge in [-0.1, -0.05) is 0 Å². The molecule has 4 nitrogen and oxygen atoms in total. The van der Waals surface area contributed by atoms with Gasteiger partial charge in [-0.25, -0.2) is 0 Å². The Morgan fingerprint density at radius 3 is 2.94 bits per heavy atom. The monoisotopic (exact) mass is 290 g/mol. The highest BCUT2D eigenvalue weighted by Crippen LogP contribution is 2.23. The molecule has 0 saturated heterocycles. The predicted octanol–water partition coefficient (Wildman–Crippen LogP) is 2.67. The normalized spacial score (nSPS) is 9.94. The lowest BCUT2D eigenvalue weighted by atomic mass is 10.2. The summed E-state index contributed by atoms with van der Waals surface area (Å²) in [6.45, 7) is 0.707. The lowest BCUT2D eigenvalue weighted by molar-refractivity contribution is 0.767. The first-order valence-corrected chi connectivity index (χ1v) is 5.89.